The second-order valence-electron chi connectivity index (χ2n) is 3.96. The Morgan fingerprint density at radius 2 is 2.12 bits per heavy atom. The van der Waals surface area contributed by atoms with E-state index in [1.165, 1.54) is 0 Å². The topological polar surface area (TPSA) is 21.3 Å². The fraction of sp³-hybridized carbons (Fsp3) is 0.538. The van der Waals surface area contributed by atoms with Crippen LogP contribution in [0.25, 0.3) is 0 Å². The highest BCUT2D eigenvalue weighted by Crippen LogP contribution is 2.17. The lowest BCUT2D eigenvalue weighted by Gasteiger charge is -2.13. The summed E-state index contributed by atoms with van der Waals surface area (Å²) in [7, 11) is 1.97. The van der Waals surface area contributed by atoms with Crippen LogP contribution in [-0.2, 0) is 11.3 Å². The molecule has 3 heteroatoms. The smallest absolute Gasteiger partial charge is 0.0734 e. The first-order valence-electron chi connectivity index (χ1n) is 5.73. The minimum Gasteiger partial charge on any atom is -0.374 e. The lowest BCUT2D eigenvalue weighted by molar-refractivity contribution is 0.0465. The Kier molecular flexibility index (Phi) is 6.46. The Bertz CT molecular complexity index is 304. The molecule has 1 atom stereocenters. The lowest BCUT2D eigenvalue weighted by Crippen LogP contribution is -2.13. The molecule has 1 aromatic rings. The van der Waals surface area contributed by atoms with Gasteiger partial charge >= 0.3 is 0 Å². The predicted molar refractivity (Wildman–Crippen MR) is 68.9 cm³/mol. The Morgan fingerprint density at radius 1 is 1.38 bits per heavy atom. The van der Waals surface area contributed by atoms with E-state index in [2.05, 4.69) is 12.2 Å². The van der Waals surface area contributed by atoms with Crippen molar-refractivity contribution in [1.29, 1.82) is 0 Å². The summed E-state index contributed by atoms with van der Waals surface area (Å²) in [5, 5.41) is 3.91. The highest BCUT2D eigenvalue weighted by Gasteiger charge is 2.04. The third-order valence-electron chi connectivity index (χ3n) is 2.52. The van der Waals surface area contributed by atoms with Gasteiger partial charge in [0.15, 0.2) is 0 Å². The summed E-state index contributed by atoms with van der Waals surface area (Å²) >= 11 is 6.04. The van der Waals surface area contributed by atoms with Crippen LogP contribution in [0, 0.1) is 0 Å². The van der Waals surface area contributed by atoms with Gasteiger partial charge in [-0.05, 0) is 45.0 Å². The first kappa shape index (κ1) is 13.5. The SMILES string of the molecule is CNCCCC(C)OCc1ccccc1Cl. The molecule has 2 nitrogen and oxygen atoms in total. The average molecular weight is 242 g/mol. The van der Waals surface area contributed by atoms with E-state index in [4.69, 9.17) is 16.3 Å². The van der Waals surface area contributed by atoms with Crippen LogP contribution in [0.2, 0.25) is 5.02 Å². The Balaban J connectivity index is 2.26. The third-order valence-corrected chi connectivity index (χ3v) is 2.89. The van der Waals surface area contributed by atoms with Gasteiger partial charge in [-0.15, -0.1) is 0 Å². The molecular weight excluding hydrogens is 222 g/mol. The van der Waals surface area contributed by atoms with E-state index in [1.54, 1.807) is 0 Å². The van der Waals surface area contributed by atoms with Crippen LogP contribution in [0.4, 0.5) is 0 Å². The number of rotatable bonds is 7. The van der Waals surface area contributed by atoms with Crippen molar-refractivity contribution in [2.45, 2.75) is 32.5 Å². The van der Waals surface area contributed by atoms with Crippen LogP contribution < -0.4 is 5.32 Å². The molecule has 1 N–H and O–H groups in total. The van der Waals surface area contributed by atoms with Crippen molar-refractivity contribution in [2.24, 2.45) is 0 Å². The molecule has 0 aliphatic carbocycles. The van der Waals surface area contributed by atoms with Crippen LogP contribution in [0.5, 0.6) is 0 Å². The van der Waals surface area contributed by atoms with E-state index in [-0.39, 0.29) is 6.10 Å². The van der Waals surface area contributed by atoms with Gasteiger partial charge < -0.3 is 10.1 Å². The second kappa shape index (κ2) is 7.66. The van der Waals surface area contributed by atoms with Gasteiger partial charge in [0, 0.05) is 5.02 Å². The molecule has 1 rings (SSSR count). The second-order valence-corrected chi connectivity index (χ2v) is 4.37. The van der Waals surface area contributed by atoms with Crippen molar-refractivity contribution >= 4 is 11.6 Å². The van der Waals surface area contributed by atoms with E-state index in [0.717, 1.165) is 30.0 Å². The molecule has 0 heterocycles. The maximum absolute atomic E-state index is 6.04. The molecule has 0 aliphatic rings. The third kappa shape index (κ3) is 4.97. The molecule has 0 saturated heterocycles. The van der Waals surface area contributed by atoms with Crippen LogP contribution in [0.1, 0.15) is 25.3 Å². The number of hydrogen-bond acceptors (Lipinski definition) is 2. The standard InChI is InChI=1S/C13H20ClNO/c1-11(6-5-9-15-2)16-10-12-7-3-4-8-13(12)14/h3-4,7-8,11,15H,5-6,9-10H2,1-2H3. The molecule has 0 fully saturated rings. The molecule has 0 radical (unpaired) electrons. The number of benzene rings is 1. The highest BCUT2D eigenvalue weighted by molar-refractivity contribution is 6.31. The molecule has 1 aromatic carbocycles. The van der Waals surface area contributed by atoms with Gasteiger partial charge in [-0.25, -0.2) is 0 Å². The predicted octanol–water partition coefficient (Wildman–Crippen LogP) is 3.24. The molecule has 16 heavy (non-hydrogen) atoms. The zero-order chi connectivity index (χ0) is 11.8. The quantitative estimate of drug-likeness (QED) is 0.740. The first-order chi connectivity index (χ1) is 7.74. The van der Waals surface area contributed by atoms with Crippen LogP contribution >= 0.6 is 11.6 Å². The summed E-state index contributed by atoms with van der Waals surface area (Å²) in [4.78, 5) is 0. The van der Waals surface area contributed by atoms with Crippen molar-refractivity contribution in [3.63, 3.8) is 0 Å². The van der Waals surface area contributed by atoms with Crippen molar-refractivity contribution in [1.82, 2.24) is 5.32 Å². The summed E-state index contributed by atoms with van der Waals surface area (Å²) in [6.45, 7) is 3.74. The molecule has 1 unspecified atom stereocenters. The van der Waals surface area contributed by atoms with Gasteiger partial charge in [0.1, 0.15) is 0 Å². The summed E-state index contributed by atoms with van der Waals surface area (Å²) in [5.41, 5.74) is 1.06. The molecule has 0 amide bonds. The van der Waals surface area contributed by atoms with E-state index in [0.29, 0.717) is 6.61 Å². The summed E-state index contributed by atoms with van der Waals surface area (Å²) in [6, 6.07) is 7.81. The summed E-state index contributed by atoms with van der Waals surface area (Å²) in [6.07, 6.45) is 2.50. The Morgan fingerprint density at radius 3 is 2.81 bits per heavy atom. The first-order valence-corrected chi connectivity index (χ1v) is 6.11. The summed E-state index contributed by atoms with van der Waals surface area (Å²) < 4.78 is 5.74. The van der Waals surface area contributed by atoms with E-state index < -0.39 is 0 Å². The largest absolute Gasteiger partial charge is 0.374 e. The summed E-state index contributed by atoms with van der Waals surface area (Å²) in [5.74, 6) is 0. The maximum atomic E-state index is 6.04. The van der Waals surface area contributed by atoms with Gasteiger partial charge in [-0.2, -0.15) is 0 Å². The molecule has 0 spiro atoms. The fourth-order valence-corrected chi connectivity index (χ4v) is 1.69. The van der Waals surface area contributed by atoms with Gasteiger partial charge in [-0.3, -0.25) is 0 Å². The van der Waals surface area contributed by atoms with Crippen molar-refractivity contribution in [2.75, 3.05) is 13.6 Å². The molecule has 90 valence electrons. The molecule has 0 bridgehead atoms. The minimum atomic E-state index is 0.282. The van der Waals surface area contributed by atoms with Crippen LogP contribution in [-0.4, -0.2) is 19.7 Å². The number of hydrogen-bond donors (Lipinski definition) is 1. The van der Waals surface area contributed by atoms with E-state index >= 15 is 0 Å². The number of halogens is 1. The van der Waals surface area contributed by atoms with Gasteiger partial charge in [0.05, 0.1) is 12.7 Å². The monoisotopic (exact) mass is 241 g/mol. The zero-order valence-electron chi connectivity index (χ0n) is 10.0. The van der Waals surface area contributed by atoms with Crippen molar-refractivity contribution < 1.29 is 4.74 Å². The zero-order valence-corrected chi connectivity index (χ0v) is 10.8. The van der Waals surface area contributed by atoms with Gasteiger partial charge in [0.2, 0.25) is 0 Å². The van der Waals surface area contributed by atoms with Crippen LogP contribution in [0.15, 0.2) is 24.3 Å². The van der Waals surface area contributed by atoms with Crippen molar-refractivity contribution in [3.05, 3.63) is 34.9 Å². The molecule has 0 aromatic heterocycles. The molecular formula is C13H20ClNO. The molecule has 0 aliphatic heterocycles. The normalized spacial score (nSPS) is 12.7. The Hall–Kier alpha value is -0.570. The van der Waals surface area contributed by atoms with Crippen molar-refractivity contribution in [3.8, 4) is 0 Å². The molecule has 0 saturated carbocycles. The number of ether oxygens (including phenoxy) is 1. The highest BCUT2D eigenvalue weighted by atomic mass is 35.5. The van der Waals surface area contributed by atoms with E-state index in [1.807, 2.05) is 31.3 Å². The lowest BCUT2D eigenvalue weighted by atomic mass is 10.2. The number of nitrogens with one attached hydrogen (secondary N) is 1. The van der Waals surface area contributed by atoms with Crippen LogP contribution in [0.3, 0.4) is 0 Å². The maximum Gasteiger partial charge on any atom is 0.0734 e. The fourth-order valence-electron chi connectivity index (χ4n) is 1.50. The van der Waals surface area contributed by atoms with Gasteiger partial charge in [0.25, 0.3) is 0 Å². The van der Waals surface area contributed by atoms with E-state index in [9.17, 15) is 0 Å². The van der Waals surface area contributed by atoms with Gasteiger partial charge in [-0.1, -0.05) is 29.8 Å². The Labute approximate surface area is 103 Å². The minimum absolute atomic E-state index is 0.282. The average Bonchev–Trinajstić information content (AvgIpc) is 2.28.